The van der Waals surface area contributed by atoms with E-state index < -0.39 is 17.7 Å². The van der Waals surface area contributed by atoms with E-state index in [9.17, 15) is 14.4 Å². The van der Waals surface area contributed by atoms with Gasteiger partial charge in [-0.15, -0.1) is 0 Å². The molecule has 1 aromatic rings. The highest BCUT2D eigenvalue weighted by Gasteiger charge is 2.46. The Morgan fingerprint density at radius 1 is 1.31 bits per heavy atom. The minimum absolute atomic E-state index is 0.0885. The minimum Gasteiger partial charge on any atom is -0.497 e. The number of nitrogens with zero attached hydrogens (tertiary/aromatic N) is 1. The first kappa shape index (κ1) is 16.7. The van der Waals surface area contributed by atoms with Gasteiger partial charge in [-0.3, -0.25) is 9.59 Å². The summed E-state index contributed by atoms with van der Waals surface area (Å²) >= 11 is 0. The summed E-state index contributed by atoms with van der Waals surface area (Å²) in [5.41, 5.74) is 0.802. The van der Waals surface area contributed by atoms with Crippen LogP contribution >= 0.6 is 0 Å². The third-order valence-corrected chi connectivity index (χ3v) is 5.34. The molecule has 3 aliphatic heterocycles. The molecule has 0 aromatic heterocycles. The number of cyclic esters (lactones) is 1. The molecule has 3 aliphatic rings. The first-order valence-electron chi connectivity index (χ1n) is 8.62. The number of benzene rings is 1. The smallest absolute Gasteiger partial charge is 0.497 e. The number of ether oxygens (including phenoxy) is 3. The zero-order valence-corrected chi connectivity index (χ0v) is 14.4. The van der Waals surface area contributed by atoms with Crippen molar-refractivity contribution in [1.82, 2.24) is 4.90 Å². The molecule has 0 unspecified atom stereocenters. The van der Waals surface area contributed by atoms with Crippen LogP contribution in [-0.4, -0.2) is 55.3 Å². The molecule has 2 fully saturated rings. The molecule has 3 heterocycles. The van der Waals surface area contributed by atoms with Gasteiger partial charge in [0.25, 0.3) is 0 Å². The summed E-state index contributed by atoms with van der Waals surface area (Å²) in [7, 11) is 1.56. The van der Waals surface area contributed by atoms with E-state index in [0.29, 0.717) is 37.4 Å². The van der Waals surface area contributed by atoms with E-state index in [0.717, 1.165) is 5.56 Å². The van der Waals surface area contributed by atoms with E-state index in [4.69, 9.17) is 14.2 Å². The van der Waals surface area contributed by atoms with Gasteiger partial charge in [-0.05, 0) is 23.8 Å². The number of piperidine rings is 1. The Kier molecular flexibility index (Phi) is 3.97. The predicted octanol–water partition coefficient (Wildman–Crippen LogP) is 1.65. The molecule has 1 N–H and O–H groups in total. The van der Waals surface area contributed by atoms with Crippen LogP contribution in [0.2, 0.25) is 0 Å². The van der Waals surface area contributed by atoms with Crippen molar-refractivity contribution < 1.29 is 28.6 Å². The number of hydrogen-bond acceptors (Lipinski definition) is 6. The highest BCUT2D eigenvalue weighted by Crippen LogP contribution is 2.38. The number of fused-ring (bicyclic) bond motifs is 1. The van der Waals surface area contributed by atoms with Gasteiger partial charge in [-0.1, -0.05) is 0 Å². The molecular weight excluding hydrogens is 340 g/mol. The van der Waals surface area contributed by atoms with Crippen LogP contribution < -0.4 is 10.1 Å². The number of methoxy groups -OCH3 is 1. The molecule has 26 heavy (non-hydrogen) atoms. The molecule has 8 nitrogen and oxygen atoms in total. The fourth-order valence-corrected chi connectivity index (χ4v) is 3.81. The van der Waals surface area contributed by atoms with E-state index in [1.54, 1.807) is 30.2 Å². The van der Waals surface area contributed by atoms with Crippen molar-refractivity contribution in [2.45, 2.75) is 30.8 Å². The van der Waals surface area contributed by atoms with Gasteiger partial charge in [0.15, 0.2) is 5.60 Å². The maximum Gasteiger partial charge on any atom is 0.509 e. The van der Waals surface area contributed by atoms with Crippen molar-refractivity contribution in [1.29, 1.82) is 0 Å². The lowest BCUT2D eigenvalue weighted by Gasteiger charge is -2.38. The molecule has 1 atom stereocenters. The molecule has 1 spiro atoms. The van der Waals surface area contributed by atoms with Gasteiger partial charge < -0.3 is 24.4 Å². The van der Waals surface area contributed by atoms with Crippen LogP contribution in [0.3, 0.4) is 0 Å². The summed E-state index contributed by atoms with van der Waals surface area (Å²) < 4.78 is 15.5. The molecule has 2 saturated heterocycles. The summed E-state index contributed by atoms with van der Waals surface area (Å²) in [5, 5.41) is 2.80. The summed E-state index contributed by atoms with van der Waals surface area (Å²) in [6.45, 7) is 1.17. The quantitative estimate of drug-likeness (QED) is 0.806. The number of nitrogens with one attached hydrogen (secondary N) is 1. The molecule has 0 radical (unpaired) electrons. The average Bonchev–Trinajstić information content (AvgIpc) is 3.01. The molecule has 8 heteroatoms. The summed E-state index contributed by atoms with van der Waals surface area (Å²) in [6, 6.07) is 5.31. The van der Waals surface area contributed by atoms with Crippen LogP contribution in [0.25, 0.3) is 0 Å². The van der Waals surface area contributed by atoms with Crippen LogP contribution in [0.4, 0.5) is 10.5 Å². The first-order valence-corrected chi connectivity index (χ1v) is 8.62. The molecular formula is C18H20N2O6. The van der Waals surface area contributed by atoms with E-state index in [2.05, 4.69) is 5.32 Å². The second-order valence-corrected chi connectivity index (χ2v) is 6.91. The highest BCUT2D eigenvalue weighted by atomic mass is 16.8. The van der Waals surface area contributed by atoms with E-state index >= 15 is 0 Å². The van der Waals surface area contributed by atoms with E-state index in [1.165, 1.54) is 0 Å². The van der Waals surface area contributed by atoms with Crippen LogP contribution in [0, 0.1) is 0 Å². The lowest BCUT2D eigenvalue weighted by atomic mass is 9.87. The Hall–Kier alpha value is -2.77. The van der Waals surface area contributed by atoms with Gasteiger partial charge >= 0.3 is 6.16 Å². The van der Waals surface area contributed by atoms with Crippen molar-refractivity contribution in [2.24, 2.45) is 0 Å². The lowest BCUT2D eigenvalue weighted by molar-refractivity contribution is -0.138. The predicted molar refractivity (Wildman–Crippen MR) is 90.0 cm³/mol. The minimum atomic E-state index is -0.644. The second-order valence-electron chi connectivity index (χ2n) is 6.91. The summed E-state index contributed by atoms with van der Waals surface area (Å²) in [4.78, 5) is 38.1. The van der Waals surface area contributed by atoms with Crippen LogP contribution in [-0.2, 0) is 19.1 Å². The van der Waals surface area contributed by atoms with Crippen LogP contribution in [0.1, 0.15) is 30.7 Å². The highest BCUT2D eigenvalue weighted by molar-refractivity contribution is 6.01. The number of likely N-dealkylation sites (tertiary alicyclic amines) is 1. The Balaban J connectivity index is 1.52. The molecule has 4 rings (SSSR count). The van der Waals surface area contributed by atoms with E-state index in [1.807, 2.05) is 0 Å². The lowest BCUT2D eigenvalue weighted by Crippen LogP contribution is -2.49. The Morgan fingerprint density at radius 2 is 2.08 bits per heavy atom. The van der Waals surface area contributed by atoms with Gasteiger partial charge in [-0.25, -0.2) is 4.79 Å². The number of anilines is 1. The topological polar surface area (TPSA) is 94.2 Å². The fourth-order valence-electron chi connectivity index (χ4n) is 3.81. The Morgan fingerprint density at radius 3 is 2.73 bits per heavy atom. The number of carbonyl (C=O) groups is 3. The fraction of sp³-hybridized carbons (Fsp3) is 0.500. The zero-order valence-electron chi connectivity index (χ0n) is 14.4. The van der Waals surface area contributed by atoms with Crippen LogP contribution in [0.5, 0.6) is 5.75 Å². The summed E-state index contributed by atoms with van der Waals surface area (Å²) in [5.74, 6) is -0.155. The molecule has 0 saturated carbocycles. The maximum absolute atomic E-state index is 13.1. The number of rotatable bonds is 2. The van der Waals surface area contributed by atoms with Gasteiger partial charge in [0, 0.05) is 38.0 Å². The molecule has 1 aromatic carbocycles. The second kappa shape index (κ2) is 6.19. The first-order chi connectivity index (χ1) is 12.5. The number of hydrogen-bond donors (Lipinski definition) is 1. The van der Waals surface area contributed by atoms with E-state index in [-0.39, 0.29) is 24.8 Å². The average molecular weight is 360 g/mol. The van der Waals surface area contributed by atoms with Crippen molar-refractivity contribution in [3.63, 3.8) is 0 Å². The van der Waals surface area contributed by atoms with Crippen molar-refractivity contribution in [3.05, 3.63) is 23.8 Å². The van der Waals surface area contributed by atoms with Gasteiger partial charge in [-0.2, -0.15) is 0 Å². The standard InChI is InChI=1S/C18H20N2O6/c1-24-11-2-3-14-12(8-11)13(9-15(21)19-14)16(22)20-6-4-18(5-7-20)10-25-17(23)26-18/h2-3,8,13H,4-7,9-10H2,1H3,(H,19,21)/t13-/m0/s1. The third kappa shape index (κ3) is 2.85. The van der Waals surface area contributed by atoms with Gasteiger partial charge in [0.1, 0.15) is 12.4 Å². The number of carbonyl (C=O) groups excluding carboxylic acids is 3. The largest absolute Gasteiger partial charge is 0.509 e. The van der Waals surface area contributed by atoms with Gasteiger partial charge in [0.05, 0.1) is 13.0 Å². The van der Waals surface area contributed by atoms with Crippen molar-refractivity contribution in [2.75, 3.05) is 32.1 Å². The van der Waals surface area contributed by atoms with Gasteiger partial charge in [0.2, 0.25) is 11.8 Å². The Bertz CT molecular complexity index is 769. The SMILES string of the molecule is COc1ccc2c(c1)[C@@H](C(=O)N1CCC3(CC1)COC(=O)O3)CC(=O)N2. The monoisotopic (exact) mass is 360 g/mol. The van der Waals surface area contributed by atoms with Crippen molar-refractivity contribution in [3.8, 4) is 5.75 Å². The maximum atomic E-state index is 13.1. The number of amides is 2. The third-order valence-electron chi connectivity index (χ3n) is 5.34. The zero-order chi connectivity index (χ0) is 18.3. The van der Waals surface area contributed by atoms with Crippen LogP contribution in [0.15, 0.2) is 18.2 Å². The molecule has 0 aliphatic carbocycles. The normalized spacial score (nSPS) is 23.7. The summed E-state index contributed by atoms with van der Waals surface area (Å²) in [6.07, 6.45) is 0.538. The molecule has 138 valence electrons. The molecule has 0 bridgehead atoms. The van der Waals surface area contributed by atoms with Crippen molar-refractivity contribution >= 4 is 23.7 Å². The Labute approximate surface area is 150 Å². The molecule has 2 amide bonds.